The summed E-state index contributed by atoms with van der Waals surface area (Å²) in [5.41, 5.74) is 0. The SMILES string of the molecule is C/C=C/C(O)[C@@H](C)[C@@H](/C=C/C[Si](C)(C)C)C(C)C. The maximum atomic E-state index is 10.1. The van der Waals surface area contributed by atoms with Crippen molar-refractivity contribution in [2.24, 2.45) is 17.8 Å². The van der Waals surface area contributed by atoms with Gasteiger partial charge in [0.15, 0.2) is 0 Å². The minimum absolute atomic E-state index is 0.277. The van der Waals surface area contributed by atoms with Crippen molar-refractivity contribution in [3.63, 3.8) is 0 Å². The number of hydrogen-bond acceptors (Lipinski definition) is 1. The molecule has 1 nitrogen and oxygen atoms in total. The molecule has 0 saturated heterocycles. The van der Waals surface area contributed by atoms with Gasteiger partial charge < -0.3 is 5.11 Å². The van der Waals surface area contributed by atoms with Crippen LogP contribution in [0.2, 0.25) is 25.7 Å². The Morgan fingerprint density at radius 3 is 2.00 bits per heavy atom. The van der Waals surface area contributed by atoms with Gasteiger partial charge >= 0.3 is 0 Å². The normalized spacial score (nSPS) is 18.7. The van der Waals surface area contributed by atoms with Gasteiger partial charge in [-0.15, -0.1) is 0 Å². The molecule has 0 saturated carbocycles. The van der Waals surface area contributed by atoms with Crippen LogP contribution in [0.5, 0.6) is 0 Å². The number of aliphatic hydroxyl groups excluding tert-OH is 1. The smallest absolute Gasteiger partial charge is 0.0752 e. The summed E-state index contributed by atoms with van der Waals surface area (Å²) in [7, 11) is -0.999. The maximum Gasteiger partial charge on any atom is 0.0752 e. The van der Waals surface area contributed by atoms with Crippen molar-refractivity contribution in [3.05, 3.63) is 24.3 Å². The van der Waals surface area contributed by atoms with E-state index in [1.165, 1.54) is 6.04 Å². The van der Waals surface area contributed by atoms with Crippen LogP contribution in [-0.4, -0.2) is 19.3 Å². The Hall–Kier alpha value is -0.343. The van der Waals surface area contributed by atoms with Gasteiger partial charge in [0.05, 0.1) is 6.10 Å². The van der Waals surface area contributed by atoms with Gasteiger partial charge in [-0.05, 0) is 30.7 Å². The van der Waals surface area contributed by atoms with Crippen molar-refractivity contribution in [1.82, 2.24) is 0 Å². The molecule has 0 fully saturated rings. The number of allylic oxidation sites excluding steroid dienone is 3. The molecule has 0 amide bonds. The Labute approximate surface area is 115 Å². The molecule has 0 aromatic carbocycles. The predicted octanol–water partition coefficient (Wildman–Crippen LogP) is 4.73. The summed E-state index contributed by atoms with van der Waals surface area (Å²) in [5.74, 6) is 1.30. The highest BCUT2D eigenvalue weighted by atomic mass is 28.3. The Morgan fingerprint density at radius 1 is 1.06 bits per heavy atom. The van der Waals surface area contributed by atoms with Gasteiger partial charge in [-0.25, -0.2) is 0 Å². The van der Waals surface area contributed by atoms with E-state index in [1.54, 1.807) is 0 Å². The molecule has 106 valence electrons. The van der Waals surface area contributed by atoms with Crippen LogP contribution in [0.15, 0.2) is 24.3 Å². The zero-order valence-electron chi connectivity index (χ0n) is 13.3. The second-order valence-electron chi connectivity index (χ2n) is 6.89. The average molecular weight is 269 g/mol. The molecule has 2 heteroatoms. The van der Waals surface area contributed by atoms with Crippen LogP contribution in [-0.2, 0) is 0 Å². The summed E-state index contributed by atoms with van der Waals surface area (Å²) in [6, 6.07) is 1.22. The molecular weight excluding hydrogens is 236 g/mol. The van der Waals surface area contributed by atoms with Gasteiger partial charge in [0.2, 0.25) is 0 Å². The largest absolute Gasteiger partial charge is 0.389 e. The van der Waals surface area contributed by atoms with E-state index in [2.05, 4.69) is 52.6 Å². The first-order chi connectivity index (χ1) is 8.19. The van der Waals surface area contributed by atoms with Crippen LogP contribution in [0, 0.1) is 17.8 Å². The molecule has 1 unspecified atom stereocenters. The first-order valence-corrected chi connectivity index (χ1v) is 10.9. The summed E-state index contributed by atoms with van der Waals surface area (Å²) in [6.45, 7) is 15.7. The highest BCUT2D eigenvalue weighted by Gasteiger charge is 2.23. The van der Waals surface area contributed by atoms with Crippen molar-refractivity contribution in [2.75, 3.05) is 0 Å². The number of rotatable bonds is 7. The third-order valence-corrected chi connectivity index (χ3v) is 4.85. The zero-order valence-corrected chi connectivity index (χ0v) is 14.3. The van der Waals surface area contributed by atoms with E-state index in [9.17, 15) is 5.11 Å². The summed E-state index contributed by atoms with van der Waals surface area (Å²) in [6.07, 6.45) is 8.17. The van der Waals surface area contributed by atoms with Crippen LogP contribution < -0.4 is 0 Å². The molecule has 0 aliphatic carbocycles. The van der Waals surface area contributed by atoms with E-state index in [1.807, 2.05) is 19.1 Å². The van der Waals surface area contributed by atoms with Crippen LogP contribution >= 0.6 is 0 Å². The third-order valence-electron chi connectivity index (χ3n) is 3.39. The van der Waals surface area contributed by atoms with E-state index in [-0.39, 0.29) is 12.0 Å². The fourth-order valence-corrected chi connectivity index (χ4v) is 3.03. The lowest BCUT2D eigenvalue weighted by Gasteiger charge is -2.27. The number of aliphatic hydroxyl groups is 1. The Kier molecular flexibility index (Phi) is 7.80. The van der Waals surface area contributed by atoms with Gasteiger partial charge in [0, 0.05) is 8.07 Å². The molecule has 0 spiro atoms. The minimum Gasteiger partial charge on any atom is -0.389 e. The van der Waals surface area contributed by atoms with Gasteiger partial charge in [-0.2, -0.15) is 0 Å². The van der Waals surface area contributed by atoms with Crippen LogP contribution in [0.3, 0.4) is 0 Å². The molecule has 0 aliphatic rings. The summed E-state index contributed by atoms with van der Waals surface area (Å²) >= 11 is 0. The Bertz CT molecular complexity index is 273. The molecule has 3 atom stereocenters. The Balaban J connectivity index is 4.66. The lowest BCUT2D eigenvalue weighted by Crippen LogP contribution is -2.26. The maximum absolute atomic E-state index is 10.1. The molecule has 0 rings (SSSR count). The van der Waals surface area contributed by atoms with E-state index >= 15 is 0 Å². The summed E-state index contributed by atoms with van der Waals surface area (Å²) < 4.78 is 0. The van der Waals surface area contributed by atoms with E-state index in [0.29, 0.717) is 11.8 Å². The molecule has 0 radical (unpaired) electrons. The molecule has 1 N–H and O–H groups in total. The van der Waals surface area contributed by atoms with Gasteiger partial charge in [0.1, 0.15) is 0 Å². The van der Waals surface area contributed by atoms with Crippen molar-refractivity contribution >= 4 is 8.07 Å². The van der Waals surface area contributed by atoms with Gasteiger partial charge in [-0.1, -0.05) is 64.7 Å². The molecule has 0 bridgehead atoms. The van der Waals surface area contributed by atoms with Crippen molar-refractivity contribution in [1.29, 1.82) is 0 Å². The van der Waals surface area contributed by atoms with E-state index < -0.39 is 8.07 Å². The summed E-state index contributed by atoms with van der Waals surface area (Å²) in [4.78, 5) is 0. The second-order valence-corrected chi connectivity index (χ2v) is 12.4. The fourth-order valence-electron chi connectivity index (χ4n) is 2.18. The average Bonchev–Trinajstić information content (AvgIpc) is 2.22. The molecule has 0 heterocycles. The van der Waals surface area contributed by atoms with Gasteiger partial charge in [0.25, 0.3) is 0 Å². The molecule has 0 aromatic rings. The Morgan fingerprint density at radius 2 is 1.61 bits per heavy atom. The monoisotopic (exact) mass is 268 g/mol. The first-order valence-electron chi connectivity index (χ1n) is 7.16. The zero-order chi connectivity index (χ0) is 14.3. The third kappa shape index (κ3) is 7.17. The molecule has 0 aromatic heterocycles. The fraction of sp³-hybridized carbons (Fsp3) is 0.750. The standard InChI is InChI=1S/C16H32OSi/c1-8-10-16(17)14(4)15(13(2)3)11-9-12-18(5,6)7/h8-11,13-17H,12H2,1-7H3/b10-8+,11-9+/t14-,15-,16?/m0/s1. The topological polar surface area (TPSA) is 20.2 Å². The highest BCUT2D eigenvalue weighted by Crippen LogP contribution is 2.26. The number of hydrogen-bond donors (Lipinski definition) is 1. The molecule has 18 heavy (non-hydrogen) atoms. The predicted molar refractivity (Wildman–Crippen MR) is 85.6 cm³/mol. The quantitative estimate of drug-likeness (QED) is 0.523. The molecule has 0 aliphatic heterocycles. The van der Waals surface area contributed by atoms with E-state index in [0.717, 1.165) is 0 Å². The van der Waals surface area contributed by atoms with Crippen LogP contribution in [0.25, 0.3) is 0 Å². The van der Waals surface area contributed by atoms with Crippen LogP contribution in [0.1, 0.15) is 27.7 Å². The van der Waals surface area contributed by atoms with Gasteiger partial charge in [-0.3, -0.25) is 0 Å². The van der Waals surface area contributed by atoms with Crippen molar-refractivity contribution in [3.8, 4) is 0 Å². The lowest BCUT2D eigenvalue weighted by molar-refractivity contribution is 0.121. The second kappa shape index (κ2) is 7.95. The lowest BCUT2D eigenvalue weighted by atomic mass is 9.81. The van der Waals surface area contributed by atoms with Crippen molar-refractivity contribution in [2.45, 2.75) is 59.5 Å². The molecular formula is C16H32OSi. The van der Waals surface area contributed by atoms with E-state index in [4.69, 9.17) is 0 Å². The minimum atomic E-state index is -0.999. The van der Waals surface area contributed by atoms with Crippen LogP contribution in [0.4, 0.5) is 0 Å². The highest BCUT2D eigenvalue weighted by molar-refractivity contribution is 6.76. The first kappa shape index (κ1) is 17.7. The summed E-state index contributed by atoms with van der Waals surface area (Å²) in [5, 5.41) is 10.1. The van der Waals surface area contributed by atoms with Crippen molar-refractivity contribution < 1.29 is 5.11 Å².